The van der Waals surface area contributed by atoms with Crippen molar-refractivity contribution in [3.63, 3.8) is 0 Å². The highest BCUT2D eigenvalue weighted by Gasteiger charge is 2.06. The fraction of sp³-hybridized carbons (Fsp3) is 0.500. The number of hydrogen-bond donors (Lipinski definition) is 2. The first-order valence-corrected chi connectivity index (χ1v) is 7.26. The number of aryl methyl sites for hydroxylation is 1. The lowest BCUT2D eigenvalue weighted by molar-refractivity contribution is -0.124. The molecule has 0 heterocycles. The Bertz CT molecular complexity index is 503. The lowest BCUT2D eigenvalue weighted by Gasteiger charge is -2.11. The zero-order valence-corrected chi connectivity index (χ0v) is 13.4. The Kier molecular flexibility index (Phi) is 7.99. The molecule has 1 aromatic carbocycles. The van der Waals surface area contributed by atoms with Crippen molar-refractivity contribution in [1.82, 2.24) is 10.6 Å². The first-order chi connectivity index (χ1) is 10.5. The lowest BCUT2D eigenvalue weighted by atomic mass is 10.1. The zero-order valence-electron chi connectivity index (χ0n) is 13.4. The summed E-state index contributed by atoms with van der Waals surface area (Å²) in [6.07, 6.45) is 0.320. The van der Waals surface area contributed by atoms with E-state index in [9.17, 15) is 9.59 Å². The minimum atomic E-state index is -0.216. The summed E-state index contributed by atoms with van der Waals surface area (Å²) in [6, 6.07) is 5.73. The molecule has 0 radical (unpaired) electrons. The normalized spacial score (nSPS) is 10.1. The molecule has 0 atom stereocenters. The van der Waals surface area contributed by atoms with Crippen LogP contribution in [0, 0.1) is 13.8 Å². The molecule has 0 spiro atoms. The number of rotatable bonds is 9. The maximum atomic E-state index is 11.7. The minimum Gasteiger partial charge on any atom is -0.483 e. The van der Waals surface area contributed by atoms with Crippen LogP contribution in [-0.2, 0) is 14.3 Å². The predicted octanol–water partition coefficient (Wildman–Crippen LogP) is 0.951. The van der Waals surface area contributed by atoms with Gasteiger partial charge >= 0.3 is 0 Å². The number of hydrogen-bond acceptors (Lipinski definition) is 4. The van der Waals surface area contributed by atoms with Crippen LogP contribution in [0.1, 0.15) is 17.5 Å². The molecule has 0 aliphatic heterocycles. The van der Waals surface area contributed by atoms with Gasteiger partial charge in [0.1, 0.15) is 5.75 Å². The summed E-state index contributed by atoms with van der Waals surface area (Å²) < 4.78 is 10.3. The molecule has 1 rings (SSSR count). The summed E-state index contributed by atoms with van der Waals surface area (Å²) in [4.78, 5) is 23.0. The van der Waals surface area contributed by atoms with Crippen LogP contribution >= 0.6 is 0 Å². The van der Waals surface area contributed by atoms with Crippen molar-refractivity contribution in [2.45, 2.75) is 20.3 Å². The average Bonchev–Trinajstić information content (AvgIpc) is 2.51. The smallest absolute Gasteiger partial charge is 0.258 e. The average molecular weight is 308 g/mol. The van der Waals surface area contributed by atoms with Crippen molar-refractivity contribution in [2.75, 3.05) is 33.4 Å². The first-order valence-electron chi connectivity index (χ1n) is 7.26. The van der Waals surface area contributed by atoms with Crippen LogP contribution in [0.2, 0.25) is 0 Å². The molecule has 6 nitrogen and oxygen atoms in total. The Morgan fingerprint density at radius 3 is 2.45 bits per heavy atom. The van der Waals surface area contributed by atoms with Crippen LogP contribution in [0.5, 0.6) is 5.75 Å². The number of benzene rings is 1. The van der Waals surface area contributed by atoms with E-state index >= 15 is 0 Å². The lowest BCUT2D eigenvalue weighted by Crippen LogP contribution is -2.37. The standard InChI is InChI=1S/C16H24N2O4/c1-12-5-4-6-14(13(12)2)22-11-16(20)18-9-8-17-15(19)7-10-21-3/h4-6H,7-11H2,1-3H3,(H,17,19)(H,18,20). The van der Waals surface area contributed by atoms with Gasteiger partial charge in [-0.2, -0.15) is 0 Å². The van der Waals surface area contributed by atoms with Crippen LogP contribution in [0.25, 0.3) is 0 Å². The van der Waals surface area contributed by atoms with Crippen molar-refractivity contribution in [3.8, 4) is 5.75 Å². The van der Waals surface area contributed by atoms with Crippen molar-refractivity contribution in [2.24, 2.45) is 0 Å². The number of methoxy groups -OCH3 is 1. The molecule has 2 N–H and O–H groups in total. The van der Waals surface area contributed by atoms with E-state index in [0.717, 1.165) is 11.1 Å². The fourth-order valence-electron chi connectivity index (χ4n) is 1.76. The molecule has 0 aromatic heterocycles. The van der Waals surface area contributed by atoms with Gasteiger partial charge in [0.05, 0.1) is 6.61 Å². The summed E-state index contributed by atoms with van der Waals surface area (Å²) in [5, 5.41) is 5.38. The Balaban J connectivity index is 2.19. The molecule has 0 aliphatic rings. The molecule has 1 aromatic rings. The van der Waals surface area contributed by atoms with Gasteiger partial charge in [0.25, 0.3) is 5.91 Å². The van der Waals surface area contributed by atoms with Gasteiger partial charge in [-0.3, -0.25) is 9.59 Å². The molecule has 0 unspecified atom stereocenters. The van der Waals surface area contributed by atoms with Gasteiger partial charge in [0, 0.05) is 26.6 Å². The van der Waals surface area contributed by atoms with E-state index in [-0.39, 0.29) is 18.4 Å². The highest BCUT2D eigenvalue weighted by atomic mass is 16.5. The van der Waals surface area contributed by atoms with Gasteiger partial charge in [-0.25, -0.2) is 0 Å². The van der Waals surface area contributed by atoms with E-state index in [1.807, 2.05) is 32.0 Å². The monoisotopic (exact) mass is 308 g/mol. The van der Waals surface area contributed by atoms with Gasteiger partial charge in [-0.05, 0) is 31.0 Å². The minimum absolute atomic E-state index is 0.0398. The number of ether oxygens (including phenoxy) is 2. The number of nitrogens with one attached hydrogen (secondary N) is 2. The fourth-order valence-corrected chi connectivity index (χ4v) is 1.76. The third-order valence-electron chi connectivity index (χ3n) is 3.22. The van der Waals surface area contributed by atoms with Crippen molar-refractivity contribution in [1.29, 1.82) is 0 Å². The Morgan fingerprint density at radius 1 is 1.09 bits per heavy atom. The zero-order chi connectivity index (χ0) is 16.4. The van der Waals surface area contributed by atoms with Gasteiger partial charge in [-0.1, -0.05) is 12.1 Å². The molecule has 0 aliphatic carbocycles. The topological polar surface area (TPSA) is 76.7 Å². The third-order valence-corrected chi connectivity index (χ3v) is 3.22. The van der Waals surface area contributed by atoms with Crippen LogP contribution in [-0.4, -0.2) is 45.2 Å². The predicted molar refractivity (Wildman–Crippen MR) is 83.9 cm³/mol. The van der Waals surface area contributed by atoms with Crippen LogP contribution in [0.15, 0.2) is 18.2 Å². The number of carbonyl (C=O) groups excluding carboxylic acids is 2. The van der Waals surface area contributed by atoms with E-state index < -0.39 is 0 Å². The molecular formula is C16H24N2O4. The quantitative estimate of drug-likeness (QED) is 0.666. The summed E-state index contributed by atoms with van der Waals surface area (Å²) in [5.41, 5.74) is 2.15. The Labute approximate surface area is 131 Å². The molecule has 22 heavy (non-hydrogen) atoms. The molecular weight excluding hydrogens is 284 g/mol. The second-order valence-corrected chi connectivity index (χ2v) is 4.93. The largest absolute Gasteiger partial charge is 0.483 e. The van der Waals surface area contributed by atoms with Crippen LogP contribution < -0.4 is 15.4 Å². The maximum Gasteiger partial charge on any atom is 0.258 e. The highest BCUT2D eigenvalue weighted by Crippen LogP contribution is 2.20. The second-order valence-electron chi connectivity index (χ2n) is 4.93. The number of amides is 2. The van der Waals surface area contributed by atoms with Crippen molar-refractivity contribution < 1.29 is 19.1 Å². The van der Waals surface area contributed by atoms with E-state index in [2.05, 4.69) is 10.6 Å². The van der Waals surface area contributed by atoms with Crippen LogP contribution in [0.4, 0.5) is 0 Å². The molecule has 0 saturated heterocycles. The Hall–Kier alpha value is -2.08. The molecule has 2 amide bonds. The second kappa shape index (κ2) is 9.78. The molecule has 0 fully saturated rings. The van der Waals surface area contributed by atoms with E-state index in [1.54, 1.807) is 7.11 Å². The van der Waals surface area contributed by atoms with E-state index in [0.29, 0.717) is 31.9 Å². The molecule has 122 valence electrons. The first kappa shape index (κ1) is 18.0. The van der Waals surface area contributed by atoms with Gasteiger partial charge < -0.3 is 20.1 Å². The van der Waals surface area contributed by atoms with Gasteiger partial charge in [-0.15, -0.1) is 0 Å². The van der Waals surface area contributed by atoms with E-state index in [4.69, 9.17) is 9.47 Å². The SMILES string of the molecule is COCCC(=O)NCCNC(=O)COc1cccc(C)c1C. The summed E-state index contributed by atoms with van der Waals surface area (Å²) >= 11 is 0. The van der Waals surface area contributed by atoms with E-state index in [1.165, 1.54) is 0 Å². The highest BCUT2D eigenvalue weighted by molar-refractivity contribution is 5.78. The molecule has 0 saturated carbocycles. The van der Waals surface area contributed by atoms with Crippen molar-refractivity contribution >= 4 is 11.8 Å². The Morgan fingerprint density at radius 2 is 1.77 bits per heavy atom. The summed E-state index contributed by atoms with van der Waals surface area (Å²) in [6.45, 7) is 5.06. The molecule has 0 bridgehead atoms. The van der Waals surface area contributed by atoms with Gasteiger partial charge in [0.2, 0.25) is 5.91 Å². The maximum absolute atomic E-state index is 11.7. The number of carbonyl (C=O) groups is 2. The summed E-state index contributed by atoms with van der Waals surface area (Å²) in [7, 11) is 1.55. The van der Waals surface area contributed by atoms with Crippen LogP contribution in [0.3, 0.4) is 0 Å². The van der Waals surface area contributed by atoms with Gasteiger partial charge in [0.15, 0.2) is 6.61 Å². The third kappa shape index (κ3) is 6.58. The molecule has 6 heteroatoms. The van der Waals surface area contributed by atoms with Crippen molar-refractivity contribution in [3.05, 3.63) is 29.3 Å². The summed E-state index contributed by atoms with van der Waals surface area (Å²) in [5.74, 6) is 0.401.